The van der Waals surface area contributed by atoms with Crippen molar-refractivity contribution in [3.8, 4) is 0 Å². The van der Waals surface area contributed by atoms with E-state index in [0.717, 1.165) is 32.4 Å². The minimum Gasteiger partial charge on any atom is -0.387 e. The minimum atomic E-state index is -0.738. The molecule has 1 atom stereocenters. The lowest BCUT2D eigenvalue weighted by atomic mass is 9.79. The van der Waals surface area contributed by atoms with Crippen LogP contribution in [0.3, 0.4) is 0 Å². The molecular weight excluding hydrogens is 244 g/mol. The van der Waals surface area contributed by atoms with Gasteiger partial charge >= 0.3 is 0 Å². The molecule has 110 valence electrons. The van der Waals surface area contributed by atoms with Gasteiger partial charge in [-0.2, -0.15) is 0 Å². The van der Waals surface area contributed by atoms with E-state index < -0.39 is 5.60 Å². The Kier molecular flexibility index (Phi) is 4.81. The molecule has 2 aliphatic rings. The number of amides is 1. The van der Waals surface area contributed by atoms with Crippen molar-refractivity contribution in [1.29, 1.82) is 0 Å². The van der Waals surface area contributed by atoms with Gasteiger partial charge in [0, 0.05) is 26.6 Å². The van der Waals surface area contributed by atoms with Crippen LogP contribution in [0.1, 0.15) is 32.6 Å². The van der Waals surface area contributed by atoms with Gasteiger partial charge in [0.05, 0.1) is 18.2 Å². The molecule has 0 radical (unpaired) electrons. The number of hydrogen-bond acceptors (Lipinski definition) is 4. The van der Waals surface area contributed by atoms with Crippen molar-refractivity contribution < 1.29 is 14.6 Å². The van der Waals surface area contributed by atoms with Crippen LogP contribution >= 0.6 is 0 Å². The van der Waals surface area contributed by atoms with Gasteiger partial charge in [0.15, 0.2) is 0 Å². The number of likely N-dealkylation sites (N-methyl/N-ethyl adjacent to an activating group) is 1. The van der Waals surface area contributed by atoms with Gasteiger partial charge in [0.25, 0.3) is 0 Å². The Hall–Kier alpha value is -0.650. The first-order valence-electron chi connectivity index (χ1n) is 7.31. The van der Waals surface area contributed by atoms with Crippen molar-refractivity contribution in [3.63, 3.8) is 0 Å². The van der Waals surface area contributed by atoms with Gasteiger partial charge in [-0.1, -0.05) is 0 Å². The van der Waals surface area contributed by atoms with E-state index in [0.29, 0.717) is 31.5 Å². The molecule has 2 fully saturated rings. The average Bonchev–Trinajstić information content (AvgIpc) is 2.72. The molecule has 1 heterocycles. The van der Waals surface area contributed by atoms with E-state index in [1.165, 1.54) is 0 Å². The molecule has 1 unspecified atom stereocenters. The van der Waals surface area contributed by atoms with Gasteiger partial charge in [0.1, 0.15) is 0 Å². The van der Waals surface area contributed by atoms with Gasteiger partial charge in [-0.3, -0.25) is 4.79 Å². The number of carbonyl (C=O) groups is 1. The zero-order valence-electron chi connectivity index (χ0n) is 12.0. The predicted octanol–water partition coefficient (Wildman–Crippen LogP) is 0.374. The largest absolute Gasteiger partial charge is 0.387 e. The first kappa shape index (κ1) is 14.8. The van der Waals surface area contributed by atoms with Crippen LogP contribution in [-0.4, -0.2) is 60.9 Å². The van der Waals surface area contributed by atoms with E-state index in [9.17, 15) is 9.90 Å². The Morgan fingerprint density at radius 1 is 1.53 bits per heavy atom. The summed E-state index contributed by atoms with van der Waals surface area (Å²) in [5, 5.41) is 13.4. The summed E-state index contributed by atoms with van der Waals surface area (Å²) in [5.41, 5.74) is -0.738. The lowest BCUT2D eigenvalue weighted by Gasteiger charge is -2.36. The Morgan fingerprint density at radius 2 is 2.26 bits per heavy atom. The van der Waals surface area contributed by atoms with E-state index in [1.807, 2.05) is 6.92 Å². The number of nitrogens with one attached hydrogen (secondary N) is 1. The lowest BCUT2D eigenvalue weighted by Crippen LogP contribution is -2.46. The van der Waals surface area contributed by atoms with Gasteiger partial charge in [-0.05, 0) is 38.6 Å². The normalized spacial score (nSPS) is 34.1. The molecule has 0 aromatic rings. The van der Waals surface area contributed by atoms with Crippen LogP contribution in [-0.2, 0) is 9.53 Å². The maximum Gasteiger partial charge on any atom is 0.222 e. The van der Waals surface area contributed by atoms with Crippen molar-refractivity contribution in [2.24, 2.45) is 5.92 Å². The highest BCUT2D eigenvalue weighted by Gasteiger charge is 2.35. The zero-order valence-corrected chi connectivity index (χ0v) is 12.0. The second-order valence-electron chi connectivity index (χ2n) is 6.02. The van der Waals surface area contributed by atoms with Crippen molar-refractivity contribution in [3.05, 3.63) is 0 Å². The highest BCUT2D eigenvalue weighted by molar-refractivity contribution is 5.76. The molecular formula is C14H26N2O3. The molecule has 1 aliphatic heterocycles. The summed E-state index contributed by atoms with van der Waals surface area (Å²) >= 11 is 0. The van der Waals surface area contributed by atoms with Crippen molar-refractivity contribution in [1.82, 2.24) is 10.2 Å². The second-order valence-corrected chi connectivity index (χ2v) is 6.02. The maximum atomic E-state index is 12.1. The fraction of sp³-hybridized carbons (Fsp3) is 0.929. The number of β-amino-alcohol motifs (C(OH)–C–C–N with tert-alkyl or cyclic N) is 1. The SMILES string of the molecule is CCOC1CC(CC(=O)N(C)CC2(O)CCNC2)C1. The van der Waals surface area contributed by atoms with Crippen molar-refractivity contribution in [2.75, 3.05) is 33.3 Å². The van der Waals surface area contributed by atoms with E-state index in [2.05, 4.69) is 5.32 Å². The summed E-state index contributed by atoms with van der Waals surface area (Å²) in [6, 6.07) is 0. The van der Waals surface area contributed by atoms with Gasteiger partial charge < -0.3 is 20.1 Å². The lowest BCUT2D eigenvalue weighted by molar-refractivity contribution is -0.136. The molecule has 0 aromatic heterocycles. The Balaban J connectivity index is 1.68. The molecule has 2 N–H and O–H groups in total. The number of aliphatic hydroxyl groups is 1. The maximum absolute atomic E-state index is 12.1. The molecule has 1 saturated carbocycles. The van der Waals surface area contributed by atoms with E-state index in [4.69, 9.17) is 4.74 Å². The number of carbonyl (C=O) groups excluding carboxylic acids is 1. The fourth-order valence-corrected chi connectivity index (χ4v) is 3.01. The third kappa shape index (κ3) is 3.91. The fourth-order valence-electron chi connectivity index (χ4n) is 3.01. The molecule has 5 heteroatoms. The number of ether oxygens (including phenoxy) is 1. The average molecular weight is 270 g/mol. The summed E-state index contributed by atoms with van der Waals surface area (Å²) in [7, 11) is 1.79. The summed E-state index contributed by atoms with van der Waals surface area (Å²) in [6.45, 7) is 4.60. The van der Waals surface area contributed by atoms with Crippen LogP contribution in [0.5, 0.6) is 0 Å². The molecule has 19 heavy (non-hydrogen) atoms. The monoisotopic (exact) mass is 270 g/mol. The topological polar surface area (TPSA) is 61.8 Å². The highest BCUT2D eigenvalue weighted by atomic mass is 16.5. The van der Waals surface area contributed by atoms with Crippen LogP contribution in [0.15, 0.2) is 0 Å². The highest BCUT2D eigenvalue weighted by Crippen LogP contribution is 2.33. The van der Waals surface area contributed by atoms with Crippen LogP contribution in [0, 0.1) is 5.92 Å². The number of rotatable bonds is 6. The molecule has 1 aliphatic carbocycles. The summed E-state index contributed by atoms with van der Waals surface area (Å²) in [6.07, 6.45) is 3.67. The van der Waals surface area contributed by atoms with Crippen LogP contribution in [0.4, 0.5) is 0 Å². The first-order valence-corrected chi connectivity index (χ1v) is 7.31. The standard InChI is InChI=1S/C14H26N2O3/c1-3-19-12-6-11(7-12)8-13(17)16(2)10-14(18)4-5-15-9-14/h11-12,15,18H,3-10H2,1-2H3. The predicted molar refractivity (Wildman–Crippen MR) is 72.8 cm³/mol. The van der Waals surface area contributed by atoms with Crippen LogP contribution in [0.2, 0.25) is 0 Å². The molecule has 5 nitrogen and oxygen atoms in total. The molecule has 1 amide bonds. The number of hydrogen-bond donors (Lipinski definition) is 2. The van der Waals surface area contributed by atoms with Gasteiger partial charge in [-0.25, -0.2) is 0 Å². The molecule has 0 spiro atoms. The Morgan fingerprint density at radius 3 is 2.84 bits per heavy atom. The Bertz CT molecular complexity index is 310. The molecule has 1 saturated heterocycles. The van der Waals surface area contributed by atoms with Crippen LogP contribution < -0.4 is 5.32 Å². The summed E-state index contributed by atoms with van der Waals surface area (Å²) < 4.78 is 5.50. The van der Waals surface area contributed by atoms with E-state index in [-0.39, 0.29) is 5.91 Å². The van der Waals surface area contributed by atoms with Crippen LogP contribution in [0.25, 0.3) is 0 Å². The minimum absolute atomic E-state index is 0.139. The van der Waals surface area contributed by atoms with Crippen molar-refractivity contribution in [2.45, 2.75) is 44.3 Å². The van der Waals surface area contributed by atoms with E-state index >= 15 is 0 Å². The first-order chi connectivity index (χ1) is 9.02. The molecule has 2 rings (SSSR count). The second kappa shape index (κ2) is 6.20. The van der Waals surface area contributed by atoms with Gasteiger partial charge in [0.2, 0.25) is 5.91 Å². The number of nitrogens with zero attached hydrogens (tertiary/aromatic N) is 1. The zero-order chi connectivity index (χ0) is 13.9. The third-order valence-electron chi connectivity index (χ3n) is 4.24. The Labute approximate surface area is 115 Å². The molecule has 0 aromatic carbocycles. The summed E-state index contributed by atoms with van der Waals surface area (Å²) in [5.74, 6) is 0.600. The quantitative estimate of drug-likeness (QED) is 0.732. The smallest absolute Gasteiger partial charge is 0.222 e. The van der Waals surface area contributed by atoms with Gasteiger partial charge in [-0.15, -0.1) is 0 Å². The molecule has 0 bridgehead atoms. The van der Waals surface area contributed by atoms with E-state index in [1.54, 1.807) is 11.9 Å². The van der Waals surface area contributed by atoms with Crippen molar-refractivity contribution >= 4 is 5.91 Å². The third-order valence-corrected chi connectivity index (χ3v) is 4.24. The summed E-state index contributed by atoms with van der Waals surface area (Å²) in [4.78, 5) is 13.8.